The van der Waals surface area contributed by atoms with Crippen molar-refractivity contribution < 1.29 is 0 Å². The molecule has 1 heterocycles. The third kappa shape index (κ3) is 4.08. The van der Waals surface area contributed by atoms with Gasteiger partial charge in [0, 0.05) is 21.5 Å². The summed E-state index contributed by atoms with van der Waals surface area (Å²) in [5, 5.41) is 0. The van der Waals surface area contributed by atoms with Crippen LogP contribution in [0.15, 0.2) is 79.1 Å². The Labute approximate surface area is 193 Å². The van der Waals surface area contributed by atoms with E-state index in [2.05, 4.69) is 128 Å². The highest BCUT2D eigenvalue weighted by molar-refractivity contribution is 14.1. The number of rotatable bonds is 5. The van der Waals surface area contributed by atoms with Crippen LogP contribution in [0.4, 0.5) is 0 Å². The van der Waals surface area contributed by atoms with Gasteiger partial charge in [0.05, 0.1) is 5.69 Å². The molecule has 0 aliphatic carbocycles. The van der Waals surface area contributed by atoms with E-state index >= 15 is 0 Å². The van der Waals surface area contributed by atoms with Crippen LogP contribution in [0.2, 0.25) is 0 Å². The zero-order valence-corrected chi connectivity index (χ0v) is 20.1. The van der Waals surface area contributed by atoms with E-state index in [9.17, 15) is 0 Å². The molecule has 1 aromatic heterocycles. The molecular weight excluding hydrogens is 479 g/mol. The summed E-state index contributed by atoms with van der Waals surface area (Å²) in [5.74, 6) is 1.78. The Bertz CT molecular complexity index is 1130. The molecule has 0 bridgehead atoms. The zero-order valence-electron chi connectivity index (χ0n) is 17.9. The van der Waals surface area contributed by atoms with Crippen molar-refractivity contribution in [2.75, 3.05) is 0 Å². The minimum absolute atomic E-state index is 0.396. The minimum atomic E-state index is 0.396. The van der Waals surface area contributed by atoms with Gasteiger partial charge in [-0.2, -0.15) is 0 Å². The molecule has 3 aromatic carbocycles. The lowest BCUT2D eigenvalue weighted by Crippen LogP contribution is -2.08. The van der Waals surface area contributed by atoms with Crippen LogP contribution in [0.3, 0.4) is 0 Å². The van der Waals surface area contributed by atoms with Gasteiger partial charge in [-0.15, -0.1) is 0 Å². The molecule has 0 spiro atoms. The Morgan fingerprint density at radius 3 is 1.97 bits per heavy atom. The lowest BCUT2D eigenvalue weighted by Gasteiger charge is -2.23. The van der Waals surface area contributed by atoms with Crippen molar-refractivity contribution in [1.82, 2.24) is 9.55 Å². The van der Waals surface area contributed by atoms with Gasteiger partial charge in [-0.3, -0.25) is 4.57 Å². The van der Waals surface area contributed by atoms with Gasteiger partial charge >= 0.3 is 0 Å². The number of imidazole rings is 1. The second-order valence-corrected chi connectivity index (χ2v) is 9.56. The summed E-state index contributed by atoms with van der Waals surface area (Å²) >= 11 is 2.37. The van der Waals surface area contributed by atoms with Crippen LogP contribution in [0, 0.1) is 3.57 Å². The third-order valence-electron chi connectivity index (χ3n) is 5.48. The summed E-state index contributed by atoms with van der Waals surface area (Å²) in [6, 6.07) is 24.0. The van der Waals surface area contributed by atoms with E-state index in [1.807, 2.05) is 6.20 Å². The van der Waals surface area contributed by atoms with Gasteiger partial charge in [0.15, 0.2) is 0 Å². The number of nitrogens with zero attached hydrogens (tertiary/aromatic N) is 2. The highest BCUT2D eigenvalue weighted by atomic mass is 127. The summed E-state index contributed by atoms with van der Waals surface area (Å²) in [5.41, 5.74) is 7.66. The van der Waals surface area contributed by atoms with E-state index in [1.54, 1.807) is 0 Å². The first-order valence-electron chi connectivity index (χ1n) is 10.5. The number of hydrogen-bond donors (Lipinski definition) is 0. The van der Waals surface area contributed by atoms with E-state index < -0.39 is 0 Å². The summed E-state index contributed by atoms with van der Waals surface area (Å²) in [7, 11) is 0. The van der Waals surface area contributed by atoms with Crippen LogP contribution >= 0.6 is 22.6 Å². The Morgan fingerprint density at radius 1 is 0.733 bits per heavy atom. The van der Waals surface area contributed by atoms with Gasteiger partial charge in [-0.1, -0.05) is 70.2 Å². The van der Waals surface area contributed by atoms with Gasteiger partial charge in [-0.25, -0.2) is 4.98 Å². The normalized spacial score (nSPS) is 11.4. The molecule has 0 radical (unpaired) electrons. The van der Waals surface area contributed by atoms with Crippen LogP contribution in [0.25, 0.3) is 28.2 Å². The van der Waals surface area contributed by atoms with Gasteiger partial charge in [-0.05, 0) is 80.9 Å². The Hall–Kier alpha value is -2.40. The smallest absolute Gasteiger partial charge is 0.144 e. The number of benzene rings is 3. The van der Waals surface area contributed by atoms with Crippen molar-refractivity contribution in [2.24, 2.45) is 0 Å². The third-order valence-corrected chi connectivity index (χ3v) is 6.16. The van der Waals surface area contributed by atoms with Gasteiger partial charge < -0.3 is 0 Å². The molecule has 0 amide bonds. The molecule has 2 nitrogen and oxygen atoms in total. The summed E-state index contributed by atoms with van der Waals surface area (Å²) < 4.78 is 3.50. The predicted molar refractivity (Wildman–Crippen MR) is 135 cm³/mol. The highest BCUT2D eigenvalue weighted by Gasteiger charge is 2.20. The molecule has 4 aromatic rings. The average molecular weight is 506 g/mol. The maximum Gasteiger partial charge on any atom is 0.144 e. The quantitative estimate of drug-likeness (QED) is 0.251. The molecule has 0 N–H and O–H groups in total. The fraction of sp³-hybridized carbons (Fsp3) is 0.222. The number of hydrogen-bond acceptors (Lipinski definition) is 1. The molecule has 0 atom stereocenters. The van der Waals surface area contributed by atoms with Crippen molar-refractivity contribution >= 4 is 22.6 Å². The second-order valence-electron chi connectivity index (χ2n) is 8.31. The maximum atomic E-state index is 4.75. The lowest BCUT2D eigenvalue weighted by molar-refractivity contribution is 0.807. The molecule has 0 aliphatic heterocycles. The zero-order chi connectivity index (χ0) is 21.3. The number of aromatic nitrogens is 2. The van der Waals surface area contributed by atoms with Crippen LogP contribution in [-0.2, 0) is 0 Å². The molecule has 0 aliphatic rings. The summed E-state index contributed by atoms with van der Waals surface area (Å²) in [6.07, 6.45) is 4.01. The van der Waals surface area contributed by atoms with Gasteiger partial charge in [0.25, 0.3) is 0 Å². The molecular formula is C27H27IN2. The standard InChI is InChI=1S/C27H27IN2/c1-18(2)24-16-22(20-9-6-5-7-10-20)17-25(19(3)4)26(24)30-14-13-29-27(30)21-11-8-12-23(28)15-21/h5-19H,1-4H3. The first kappa shape index (κ1) is 20.9. The number of halogens is 1. The Kier molecular flexibility index (Phi) is 6.09. The van der Waals surface area contributed by atoms with Crippen molar-refractivity contribution in [3.05, 3.63) is 93.8 Å². The topological polar surface area (TPSA) is 17.8 Å². The molecule has 0 saturated carbocycles. The molecule has 0 saturated heterocycles. The van der Waals surface area contributed by atoms with Crippen molar-refractivity contribution in [1.29, 1.82) is 0 Å². The fourth-order valence-corrected chi connectivity index (χ4v) is 4.50. The van der Waals surface area contributed by atoms with E-state index in [1.165, 1.54) is 31.5 Å². The monoisotopic (exact) mass is 506 g/mol. The molecule has 0 unspecified atom stereocenters. The SMILES string of the molecule is CC(C)c1cc(-c2ccccc2)cc(C(C)C)c1-n1ccnc1-c1cccc(I)c1. The lowest BCUT2D eigenvalue weighted by atomic mass is 9.88. The van der Waals surface area contributed by atoms with E-state index in [-0.39, 0.29) is 0 Å². The van der Waals surface area contributed by atoms with Crippen molar-refractivity contribution in [2.45, 2.75) is 39.5 Å². The Balaban J connectivity index is 1.98. The first-order valence-corrected chi connectivity index (χ1v) is 11.6. The molecule has 152 valence electrons. The van der Waals surface area contributed by atoms with Crippen LogP contribution in [0.5, 0.6) is 0 Å². The van der Waals surface area contributed by atoms with Crippen LogP contribution in [-0.4, -0.2) is 9.55 Å². The average Bonchev–Trinajstić information content (AvgIpc) is 3.23. The highest BCUT2D eigenvalue weighted by Crippen LogP contribution is 2.37. The van der Waals surface area contributed by atoms with E-state index in [0.717, 1.165) is 11.4 Å². The maximum absolute atomic E-state index is 4.75. The van der Waals surface area contributed by atoms with Crippen LogP contribution in [0.1, 0.15) is 50.7 Å². The molecule has 0 fully saturated rings. The van der Waals surface area contributed by atoms with Gasteiger partial charge in [0.2, 0.25) is 0 Å². The second kappa shape index (κ2) is 8.76. The summed E-state index contributed by atoms with van der Waals surface area (Å²) in [4.78, 5) is 4.75. The molecule has 4 rings (SSSR count). The predicted octanol–water partition coefficient (Wildman–Crippen LogP) is 8.06. The van der Waals surface area contributed by atoms with Crippen molar-refractivity contribution in [3.8, 4) is 28.2 Å². The van der Waals surface area contributed by atoms with E-state index in [4.69, 9.17) is 4.98 Å². The van der Waals surface area contributed by atoms with Crippen LogP contribution < -0.4 is 0 Å². The molecule has 3 heteroatoms. The van der Waals surface area contributed by atoms with Gasteiger partial charge in [0.1, 0.15) is 5.82 Å². The minimum Gasteiger partial charge on any atom is -0.299 e. The van der Waals surface area contributed by atoms with E-state index in [0.29, 0.717) is 11.8 Å². The first-order chi connectivity index (χ1) is 14.5. The van der Waals surface area contributed by atoms with Crippen molar-refractivity contribution in [3.63, 3.8) is 0 Å². The fourth-order valence-electron chi connectivity index (χ4n) is 3.96. The largest absolute Gasteiger partial charge is 0.299 e. The summed E-state index contributed by atoms with van der Waals surface area (Å²) in [6.45, 7) is 9.11. The molecule has 30 heavy (non-hydrogen) atoms. The Morgan fingerprint density at radius 2 is 1.37 bits per heavy atom.